The Morgan fingerprint density at radius 2 is 1.86 bits per heavy atom. The van der Waals surface area contributed by atoms with E-state index in [4.69, 9.17) is 5.11 Å². The van der Waals surface area contributed by atoms with Crippen molar-refractivity contribution in [3.05, 3.63) is 63.9 Å². The number of rotatable bonds is 5. The minimum absolute atomic E-state index is 0.0730. The average Bonchev–Trinajstić information content (AvgIpc) is 2.43. The SMILES string of the molecule is O=C(O)Cc1ccc(S(=O)Cc2cc(Br)ccc2F)cc1. The highest BCUT2D eigenvalue weighted by atomic mass is 79.9. The van der Waals surface area contributed by atoms with Crippen molar-refractivity contribution in [2.24, 2.45) is 0 Å². The molecule has 0 heterocycles. The summed E-state index contributed by atoms with van der Waals surface area (Å²) in [5.74, 6) is -1.24. The first kappa shape index (κ1) is 15.9. The van der Waals surface area contributed by atoms with Crippen molar-refractivity contribution >= 4 is 32.7 Å². The fraction of sp³-hybridized carbons (Fsp3) is 0.133. The Labute approximate surface area is 132 Å². The van der Waals surface area contributed by atoms with E-state index in [2.05, 4.69) is 15.9 Å². The molecule has 0 fully saturated rings. The van der Waals surface area contributed by atoms with Crippen LogP contribution in [0.3, 0.4) is 0 Å². The third-order valence-corrected chi connectivity index (χ3v) is 4.70. The van der Waals surface area contributed by atoms with Crippen LogP contribution in [0.1, 0.15) is 11.1 Å². The van der Waals surface area contributed by atoms with Crippen LogP contribution in [0.4, 0.5) is 4.39 Å². The lowest BCUT2D eigenvalue weighted by atomic mass is 10.2. The van der Waals surface area contributed by atoms with Crippen molar-refractivity contribution in [1.82, 2.24) is 0 Å². The molecule has 0 bridgehead atoms. The van der Waals surface area contributed by atoms with Gasteiger partial charge in [-0.25, -0.2) is 4.39 Å². The van der Waals surface area contributed by atoms with Gasteiger partial charge in [-0.05, 0) is 35.9 Å². The molecule has 1 unspecified atom stereocenters. The van der Waals surface area contributed by atoms with E-state index in [9.17, 15) is 13.4 Å². The van der Waals surface area contributed by atoms with Gasteiger partial charge < -0.3 is 5.11 Å². The first-order valence-corrected chi connectivity index (χ1v) is 8.20. The lowest BCUT2D eigenvalue weighted by Crippen LogP contribution is -2.02. The number of hydrogen-bond acceptors (Lipinski definition) is 2. The van der Waals surface area contributed by atoms with Crippen LogP contribution < -0.4 is 0 Å². The van der Waals surface area contributed by atoms with Gasteiger partial charge >= 0.3 is 5.97 Å². The summed E-state index contributed by atoms with van der Waals surface area (Å²) >= 11 is 3.25. The van der Waals surface area contributed by atoms with Crippen LogP contribution in [0.5, 0.6) is 0 Å². The van der Waals surface area contributed by atoms with E-state index >= 15 is 0 Å². The molecule has 0 amide bonds. The molecular weight excluding hydrogens is 359 g/mol. The van der Waals surface area contributed by atoms with Crippen LogP contribution in [0, 0.1) is 5.82 Å². The Morgan fingerprint density at radius 1 is 1.19 bits per heavy atom. The number of aliphatic carboxylic acids is 1. The predicted molar refractivity (Wildman–Crippen MR) is 82.0 cm³/mol. The van der Waals surface area contributed by atoms with Gasteiger partial charge in [-0.3, -0.25) is 9.00 Å². The first-order valence-electron chi connectivity index (χ1n) is 6.09. The van der Waals surface area contributed by atoms with Gasteiger partial charge in [0.15, 0.2) is 0 Å². The number of carboxylic acid groups (broad SMARTS) is 1. The Hall–Kier alpha value is -1.53. The van der Waals surface area contributed by atoms with Crippen LogP contribution in [-0.2, 0) is 27.8 Å². The first-order chi connectivity index (χ1) is 9.95. The van der Waals surface area contributed by atoms with E-state index in [1.165, 1.54) is 6.07 Å². The second kappa shape index (κ2) is 6.95. The van der Waals surface area contributed by atoms with E-state index < -0.39 is 22.6 Å². The van der Waals surface area contributed by atoms with E-state index in [1.54, 1.807) is 36.4 Å². The maximum atomic E-state index is 13.6. The largest absolute Gasteiger partial charge is 0.481 e. The van der Waals surface area contributed by atoms with Crippen LogP contribution in [0.2, 0.25) is 0 Å². The van der Waals surface area contributed by atoms with Gasteiger partial charge in [-0.15, -0.1) is 0 Å². The monoisotopic (exact) mass is 370 g/mol. The second-order valence-corrected chi connectivity index (χ2v) is 6.81. The van der Waals surface area contributed by atoms with Crippen molar-refractivity contribution in [3.8, 4) is 0 Å². The number of hydrogen-bond donors (Lipinski definition) is 1. The zero-order chi connectivity index (χ0) is 15.4. The molecule has 0 aromatic heterocycles. The third kappa shape index (κ3) is 4.47. The highest BCUT2D eigenvalue weighted by Gasteiger charge is 2.10. The Morgan fingerprint density at radius 3 is 2.48 bits per heavy atom. The van der Waals surface area contributed by atoms with Crippen molar-refractivity contribution < 1.29 is 18.5 Å². The van der Waals surface area contributed by atoms with Crippen molar-refractivity contribution in [1.29, 1.82) is 0 Å². The number of carboxylic acids is 1. The molecule has 0 spiro atoms. The zero-order valence-corrected chi connectivity index (χ0v) is 13.3. The molecular formula is C15H12BrFO3S. The van der Waals surface area contributed by atoms with Crippen LogP contribution >= 0.6 is 15.9 Å². The van der Waals surface area contributed by atoms with Crippen LogP contribution in [0.15, 0.2) is 51.8 Å². The maximum absolute atomic E-state index is 13.6. The molecule has 2 rings (SSSR count). The van der Waals surface area contributed by atoms with E-state index in [-0.39, 0.29) is 12.2 Å². The van der Waals surface area contributed by atoms with Gasteiger partial charge in [0.25, 0.3) is 0 Å². The molecule has 2 aromatic carbocycles. The molecule has 21 heavy (non-hydrogen) atoms. The predicted octanol–water partition coefficient (Wildman–Crippen LogP) is 3.52. The molecule has 0 saturated heterocycles. The fourth-order valence-electron chi connectivity index (χ4n) is 1.81. The number of carbonyl (C=O) groups is 1. The van der Waals surface area contributed by atoms with E-state index in [1.807, 2.05) is 0 Å². The quantitative estimate of drug-likeness (QED) is 0.875. The molecule has 1 atom stereocenters. The maximum Gasteiger partial charge on any atom is 0.307 e. The summed E-state index contributed by atoms with van der Waals surface area (Å²) in [5.41, 5.74) is 1.01. The highest BCUT2D eigenvalue weighted by molar-refractivity contribution is 9.10. The molecule has 1 N–H and O–H groups in total. The number of benzene rings is 2. The summed E-state index contributed by atoms with van der Waals surface area (Å²) in [6.45, 7) is 0. The fourth-order valence-corrected chi connectivity index (χ4v) is 3.33. The Bertz CT molecular complexity index is 686. The molecule has 0 radical (unpaired) electrons. The summed E-state index contributed by atoms with van der Waals surface area (Å²) in [5, 5.41) is 8.69. The van der Waals surface area contributed by atoms with Crippen molar-refractivity contribution in [2.45, 2.75) is 17.1 Å². The molecule has 0 saturated carbocycles. The molecule has 6 heteroatoms. The van der Waals surface area contributed by atoms with Gasteiger partial charge in [-0.2, -0.15) is 0 Å². The lowest BCUT2D eigenvalue weighted by Gasteiger charge is -2.06. The Balaban J connectivity index is 2.13. The van der Waals surface area contributed by atoms with Gasteiger partial charge in [0.2, 0.25) is 0 Å². The topological polar surface area (TPSA) is 54.4 Å². The van der Waals surface area contributed by atoms with Gasteiger partial charge in [-0.1, -0.05) is 28.1 Å². The van der Waals surface area contributed by atoms with Crippen LogP contribution in [-0.4, -0.2) is 15.3 Å². The smallest absolute Gasteiger partial charge is 0.307 e. The van der Waals surface area contributed by atoms with Gasteiger partial charge in [0.05, 0.1) is 23.0 Å². The van der Waals surface area contributed by atoms with Gasteiger partial charge in [0.1, 0.15) is 5.82 Å². The molecule has 0 aliphatic rings. The average molecular weight is 371 g/mol. The molecule has 3 nitrogen and oxygen atoms in total. The van der Waals surface area contributed by atoms with E-state index in [0.29, 0.717) is 16.0 Å². The highest BCUT2D eigenvalue weighted by Crippen LogP contribution is 2.20. The zero-order valence-electron chi connectivity index (χ0n) is 10.9. The molecule has 0 aliphatic heterocycles. The minimum Gasteiger partial charge on any atom is -0.481 e. The lowest BCUT2D eigenvalue weighted by molar-refractivity contribution is -0.136. The Kier molecular flexibility index (Phi) is 5.25. The normalized spacial score (nSPS) is 12.1. The summed E-state index contributed by atoms with van der Waals surface area (Å²) in [6.07, 6.45) is -0.0762. The molecule has 0 aliphatic carbocycles. The van der Waals surface area contributed by atoms with Crippen molar-refractivity contribution in [3.63, 3.8) is 0 Å². The molecule has 110 valence electrons. The standard InChI is InChI=1S/C15H12BrFO3S/c16-12-3-6-14(17)11(8-12)9-21(20)13-4-1-10(2-5-13)7-15(18)19/h1-6,8H,7,9H2,(H,18,19). The number of halogens is 2. The summed E-state index contributed by atoms with van der Waals surface area (Å²) in [6, 6.07) is 11.0. The minimum atomic E-state index is -1.38. The second-order valence-electron chi connectivity index (χ2n) is 4.44. The molecule has 2 aromatic rings. The third-order valence-electron chi connectivity index (χ3n) is 2.84. The van der Waals surface area contributed by atoms with Gasteiger partial charge in [0, 0.05) is 14.9 Å². The van der Waals surface area contributed by atoms with Crippen molar-refractivity contribution in [2.75, 3.05) is 0 Å². The summed E-state index contributed by atoms with van der Waals surface area (Å²) < 4.78 is 26.6. The van der Waals surface area contributed by atoms with Crippen LogP contribution in [0.25, 0.3) is 0 Å². The van der Waals surface area contributed by atoms with E-state index in [0.717, 1.165) is 4.47 Å². The summed E-state index contributed by atoms with van der Waals surface area (Å²) in [4.78, 5) is 11.1. The summed E-state index contributed by atoms with van der Waals surface area (Å²) in [7, 11) is -1.38.